The van der Waals surface area contributed by atoms with Gasteiger partial charge in [0.25, 0.3) is 0 Å². The summed E-state index contributed by atoms with van der Waals surface area (Å²) in [6.45, 7) is 0. The minimum absolute atomic E-state index is 0.287. The third-order valence-corrected chi connectivity index (χ3v) is 7.36. The zero-order valence-electron chi connectivity index (χ0n) is 8.90. The highest BCUT2D eigenvalue weighted by molar-refractivity contribution is 9.11. The van der Waals surface area contributed by atoms with Crippen molar-refractivity contribution < 1.29 is 0 Å². The van der Waals surface area contributed by atoms with Crippen LogP contribution in [0.3, 0.4) is 0 Å². The third kappa shape index (κ3) is 1.33. The number of fused-ring (bicyclic) bond motifs is 5. The van der Waals surface area contributed by atoms with E-state index in [-0.39, 0.29) is 5.38 Å². The highest BCUT2D eigenvalue weighted by atomic mass is 79.9. The fourth-order valence-electron chi connectivity index (χ4n) is 4.45. The summed E-state index contributed by atoms with van der Waals surface area (Å²) >= 11 is 12.0. The van der Waals surface area contributed by atoms with E-state index in [1.165, 1.54) is 27.9 Å². The average molecular weight is 318 g/mol. The topological polar surface area (TPSA) is 0 Å². The smallest absolute Gasteiger partial charge is 0.0712 e. The van der Waals surface area contributed by atoms with Gasteiger partial charge in [-0.2, -0.15) is 0 Å². The Morgan fingerprint density at radius 3 is 2.50 bits per heavy atom. The van der Waals surface area contributed by atoms with Crippen LogP contribution in [0.25, 0.3) is 0 Å². The lowest BCUT2D eigenvalue weighted by molar-refractivity contribution is 0.456. The van der Waals surface area contributed by atoms with Crippen molar-refractivity contribution in [1.29, 1.82) is 0 Å². The fraction of sp³-hybridized carbons (Fsp3) is 0.692. The van der Waals surface area contributed by atoms with Crippen LogP contribution in [0.4, 0.5) is 0 Å². The van der Waals surface area contributed by atoms with Gasteiger partial charge in [0.15, 0.2) is 0 Å². The van der Waals surface area contributed by atoms with E-state index in [4.69, 9.17) is 11.6 Å². The van der Waals surface area contributed by atoms with Crippen LogP contribution in [0, 0.1) is 29.6 Å². The van der Waals surface area contributed by atoms with Crippen LogP contribution in [-0.4, -0.2) is 0 Å². The van der Waals surface area contributed by atoms with E-state index in [9.17, 15) is 0 Å². The summed E-state index contributed by atoms with van der Waals surface area (Å²) in [7, 11) is 0. The average Bonchev–Trinajstić information content (AvgIpc) is 2.68. The van der Waals surface area contributed by atoms with Crippen LogP contribution < -0.4 is 0 Å². The van der Waals surface area contributed by atoms with Crippen LogP contribution in [0.1, 0.15) is 29.5 Å². The van der Waals surface area contributed by atoms with Crippen molar-refractivity contribution in [3.63, 3.8) is 0 Å². The highest BCUT2D eigenvalue weighted by Crippen LogP contribution is 2.73. The molecule has 5 atom stereocenters. The second-order valence-electron chi connectivity index (χ2n) is 5.61. The lowest BCUT2D eigenvalue weighted by Gasteiger charge is -2.12. The molecule has 3 aliphatic rings. The Balaban J connectivity index is 1.57. The van der Waals surface area contributed by atoms with E-state index >= 15 is 0 Å². The Hall–Kier alpha value is 0.470. The normalized spacial score (nSPS) is 45.8. The molecule has 1 heterocycles. The summed E-state index contributed by atoms with van der Waals surface area (Å²) in [5, 5.41) is 0.287. The Bertz CT molecular complexity index is 413. The molecule has 0 saturated heterocycles. The van der Waals surface area contributed by atoms with E-state index in [1.54, 1.807) is 0 Å². The third-order valence-electron chi connectivity index (χ3n) is 5.00. The van der Waals surface area contributed by atoms with Crippen molar-refractivity contribution in [2.75, 3.05) is 0 Å². The van der Waals surface area contributed by atoms with Crippen LogP contribution in [-0.2, 0) is 0 Å². The predicted octanol–water partition coefficient (Wildman–Crippen LogP) is 5.08. The highest BCUT2D eigenvalue weighted by Gasteiger charge is 2.66. The van der Waals surface area contributed by atoms with Crippen molar-refractivity contribution in [1.82, 2.24) is 0 Å². The van der Waals surface area contributed by atoms with Crippen molar-refractivity contribution >= 4 is 38.9 Å². The summed E-state index contributed by atoms with van der Waals surface area (Å²) < 4.78 is 1.21. The molecule has 3 heteroatoms. The van der Waals surface area contributed by atoms with Crippen molar-refractivity contribution in [3.05, 3.63) is 20.8 Å². The molecule has 0 aromatic carbocycles. The lowest BCUT2D eigenvalue weighted by Crippen LogP contribution is -2.02. The van der Waals surface area contributed by atoms with Gasteiger partial charge in [-0.3, -0.25) is 0 Å². The maximum atomic E-state index is 6.67. The SMILES string of the molecule is ClC(c1ccc(Br)s1)C1C2C3CCC(C3)C21. The van der Waals surface area contributed by atoms with Crippen LogP contribution in [0.15, 0.2) is 15.9 Å². The molecule has 0 radical (unpaired) electrons. The first-order chi connectivity index (χ1) is 7.75. The van der Waals surface area contributed by atoms with Crippen LogP contribution in [0.2, 0.25) is 0 Å². The molecule has 86 valence electrons. The van der Waals surface area contributed by atoms with Gasteiger partial charge in [0.05, 0.1) is 9.16 Å². The van der Waals surface area contributed by atoms with Crippen molar-refractivity contribution in [2.24, 2.45) is 29.6 Å². The van der Waals surface area contributed by atoms with Crippen LogP contribution in [0.5, 0.6) is 0 Å². The van der Waals surface area contributed by atoms with Crippen molar-refractivity contribution in [2.45, 2.75) is 24.6 Å². The molecule has 4 rings (SSSR count). The Morgan fingerprint density at radius 1 is 1.25 bits per heavy atom. The summed E-state index contributed by atoms with van der Waals surface area (Å²) in [6.07, 6.45) is 4.49. The minimum atomic E-state index is 0.287. The zero-order valence-corrected chi connectivity index (χ0v) is 12.1. The monoisotopic (exact) mass is 316 g/mol. The molecule has 2 bridgehead atoms. The molecule has 0 amide bonds. The number of thiophene rings is 1. The van der Waals surface area contributed by atoms with E-state index < -0.39 is 0 Å². The number of halogens is 2. The first kappa shape index (κ1) is 10.4. The number of hydrogen-bond donors (Lipinski definition) is 0. The molecule has 0 nitrogen and oxygen atoms in total. The molecule has 3 saturated carbocycles. The van der Waals surface area contributed by atoms with Gasteiger partial charge < -0.3 is 0 Å². The van der Waals surface area contributed by atoms with Gasteiger partial charge in [-0.05, 0) is 76.9 Å². The largest absolute Gasteiger partial charge is 0.132 e. The molecular formula is C13H14BrClS. The molecule has 0 spiro atoms. The predicted molar refractivity (Wildman–Crippen MR) is 71.9 cm³/mol. The van der Waals surface area contributed by atoms with Gasteiger partial charge in [0, 0.05) is 4.88 Å². The fourth-order valence-corrected chi connectivity index (χ4v) is 6.45. The molecule has 0 N–H and O–H groups in total. The molecular weight excluding hydrogens is 304 g/mol. The maximum absolute atomic E-state index is 6.67. The summed E-state index contributed by atoms with van der Waals surface area (Å²) in [5.41, 5.74) is 0. The summed E-state index contributed by atoms with van der Waals surface area (Å²) in [4.78, 5) is 1.37. The van der Waals surface area contributed by atoms with Gasteiger partial charge in [0.1, 0.15) is 0 Å². The van der Waals surface area contributed by atoms with E-state index in [0.717, 1.165) is 29.6 Å². The Labute approximate surface area is 114 Å². The molecule has 16 heavy (non-hydrogen) atoms. The molecule has 0 aliphatic heterocycles. The lowest BCUT2D eigenvalue weighted by atomic mass is 10.00. The first-order valence-electron chi connectivity index (χ1n) is 6.15. The summed E-state index contributed by atoms with van der Waals surface area (Å²) in [6, 6.07) is 4.32. The van der Waals surface area contributed by atoms with E-state index in [2.05, 4.69) is 28.1 Å². The van der Waals surface area contributed by atoms with Gasteiger partial charge in [-0.15, -0.1) is 22.9 Å². The van der Waals surface area contributed by atoms with E-state index in [1.807, 2.05) is 11.3 Å². The number of rotatable bonds is 2. The molecule has 5 unspecified atom stereocenters. The maximum Gasteiger partial charge on any atom is 0.0712 e. The quantitative estimate of drug-likeness (QED) is 0.667. The van der Waals surface area contributed by atoms with Gasteiger partial charge in [-0.1, -0.05) is 0 Å². The van der Waals surface area contributed by atoms with Crippen molar-refractivity contribution in [3.8, 4) is 0 Å². The van der Waals surface area contributed by atoms with Gasteiger partial charge in [-0.25, -0.2) is 0 Å². The van der Waals surface area contributed by atoms with E-state index in [0.29, 0.717) is 0 Å². The number of hydrogen-bond acceptors (Lipinski definition) is 1. The molecule has 3 fully saturated rings. The summed E-state index contributed by atoms with van der Waals surface area (Å²) in [5.74, 6) is 4.84. The molecule has 1 aromatic heterocycles. The minimum Gasteiger partial charge on any atom is -0.132 e. The van der Waals surface area contributed by atoms with Gasteiger partial charge in [0.2, 0.25) is 0 Å². The standard InChI is InChI=1S/C13H14BrClS/c14-9-4-3-8(16-9)13(15)12-10-6-1-2-7(5-6)11(10)12/h3-4,6-7,10-13H,1-2,5H2. The second-order valence-corrected chi connectivity index (χ2v) is 8.57. The first-order valence-corrected chi connectivity index (χ1v) is 8.19. The Kier molecular flexibility index (Phi) is 2.27. The molecule has 1 aromatic rings. The number of alkyl halides is 1. The zero-order chi connectivity index (χ0) is 10.9. The molecule has 3 aliphatic carbocycles. The Morgan fingerprint density at radius 2 is 1.94 bits per heavy atom. The second kappa shape index (κ2) is 3.49. The van der Waals surface area contributed by atoms with Gasteiger partial charge >= 0.3 is 0 Å². The van der Waals surface area contributed by atoms with Crippen LogP contribution >= 0.6 is 38.9 Å².